The quantitative estimate of drug-likeness (QED) is 0.636. The number of nitrogens with zero attached hydrogens (tertiary/aromatic N) is 2. The molecule has 7 heteroatoms. The van der Waals surface area contributed by atoms with Crippen LogP contribution in [0.1, 0.15) is 78.5 Å². The second-order valence-corrected chi connectivity index (χ2v) is 12.5. The number of carbonyl (C=O) groups excluding carboxylic acids is 1. The summed E-state index contributed by atoms with van der Waals surface area (Å²) in [5.74, 6) is 0.622. The van der Waals surface area contributed by atoms with Crippen molar-refractivity contribution < 1.29 is 14.7 Å². The minimum absolute atomic E-state index is 0.0151. The smallest absolute Gasteiger partial charge is 0.335 e. The maximum Gasteiger partial charge on any atom is 0.335 e. The van der Waals surface area contributed by atoms with Crippen LogP contribution in [0.25, 0.3) is 5.69 Å². The summed E-state index contributed by atoms with van der Waals surface area (Å²) < 4.78 is 1.83. The van der Waals surface area contributed by atoms with Crippen molar-refractivity contribution in [2.45, 2.75) is 74.1 Å². The van der Waals surface area contributed by atoms with E-state index in [4.69, 9.17) is 0 Å². The number of carboxylic acid groups (broad SMARTS) is 1. The van der Waals surface area contributed by atoms with Crippen molar-refractivity contribution in [3.8, 4) is 5.69 Å². The zero-order chi connectivity index (χ0) is 22.4. The summed E-state index contributed by atoms with van der Waals surface area (Å²) in [7, 11) is 0. The lowest BCUT2D eigenvalue weighted by Gasteiger charge is -2.38. The number of hydrogen-bond acceptors (Lipinski definition) is 4. The first-order valence-electron chi connectivity index (χ1n) is 12.4. The first-order valence-corrected chi connectivity index (χ1v) is 13.3. The summed E-state index contributed by atoms with van der Waals surface area (Å²) in [5.41, 5.74) is 2.64. The Balaban J connectivity index is 1.20. The van der Waals surface area contributed by atoms with Crippen LogP contribution in [0.2, 0.25) is 0 Å². The van der Waals surface area contributed by atoms with Crippen LogP contribution >= 0.6 is 11.8 Å². The third kappa shape index (κ3) is 2.84. The van der Waals surface area contributed by atoms with Crippen LogP contribution in [0.15, 0.2) is 35.5 Å². The molecule has 1 heterocycles. The first kappa shape index (κ1) is 20.1. The Morgan fingerprint density at radius 3 is 2.64 bits per heavy atom. The minimum Gasteiger partial charge on any atom is -0.478 e. The van der Waals surface area contributed by atoms with Gasteiger partial charge in [0.1, 0.15) is 5.03 Å². The average molecular weight is 464 g/mol. The summed E-state index contributed by atoms with van der Waals surface area (Å²) in [5, 5.41) is 18.7. The fraction of sp³-hybridized carbons (Fsp3) is 0.577. The Hall–Kier alpha value is -2.28. The van der Waals surface area contributed by atoms with E-state index in [0.29, 0.717) is 33.6 Å². The van der Waals surface area contributed by atoms with Crippen LogP contribution in [0.4, 0.5) is 0 Å². The van der Waals surface area contributed by atoms with Crippen LogP contribution in [0, 0.1) is 22.7 Å². The largest absolute Gasteiger partial charge is 0.478 e. The van der Waals surface area contributed by atoms with Gasteiger partial charge in [-0.2, -0.15) is 5.10 Å². The van der Waals surface area contributed by atoms with Gasteiger partial charge < -0.3 is 10.4 Å². The summed E-state index contributed by atoms with van der Waals surface area (Å²) in [6.45, 7) is 0. The van der Waals surface area contributed by atoms with Crippen molar-refractivity contribution >= 4 is 23.6 Å². The third-order valence-electron chi connectivity index (χ3n) is 9.47. The Morgan fingerprint density at radius 2 is 1.91 bits per heavy atom. The lowest BCUT2D eigenvalue weighted by atomic mass is 9.71. The van der Waals surface area contributed by atoms with Crippen molar-refractivity contribution in [2.24, 2.45) is 22.7 Å². The molecule has 0 saturated heterocycles. The Bertz CT molecular complexity index is 1150. The summed E-state index contributed by atoms with van der Waals surface area (Å²) >= 11 is 1.76. The molecule has 0 aliphatic heterocycles. The molecule has 2 N–H and O–H groups in total. The highest BCUT2D eigenvalue weighted by Crippen LogP contribution is 2.87. The topological polar surface area (TPSA) is 84.2 Å². The molecule has 1 aromatic heterocycles. The molecule has 33 heavy (non-hydrogen) atoms. The maximum absolute atomic E-state index is 13.6. The first-order chi connectivity index (χ1) is 16.0. The van der Waals surface area contributed by atoms with Crippen LogP contribution in [0.3, 0.4) is 0 Å². The van der Waals surface area contributed by atoms with Gasteiger partial charge in [-0.3, -0.25) is 4.79 Å². The molecule has 5 atom stereocenters. The van der Waals surface area contributed by atoms with Crippen molar-refractivity contribution in [3.05, 3.63) is 41.6 Å². The Labute approximate surface area is 197 Å². The Kier molecular flexibility index (Phi) is 4.19. The molecule has 5 unspecified atom stereocenters. The van der Waals surface area contributed by atoms with Gasteiger partial charge in [-0.15, -0.1) is 11.8 Å². The second-order valence-electron chi connectivity index (χ2n) is 11.2. The molecule has 6 nitrogen and oxygen atoms in total. The highest BCUT2D eigenvalue weighted by molar-refractivity contribution is 8.00. The molecule has 1 aromatic carbocycles. The van der Waals surface area contributed by atoms with Gasteiger partial charge in [0, 0.05) is 11.3 Å². The van der Waals surface area contributed by atoms with E-state index in [-0.39, 0.29) is 11.5 Å². The van der Waals surface area contributed by atoms with Gasteiger partial charge in [0.2, 0.25) is 0 Å². The predicted molar refractivity (Wildman–Crippen MR) is 125 cm³/mol. The molecule has 6 aliphatic rings. The van der Waals surface area contributed by atoms with E-state index in [9.17, 15) is 14.7 Å². The van der Waals surface area contributed by atoms with Crippen molar-refractivity contribution in [1.29, 1.82) is 0 Å². The van der Waals surface area contributed by atoms with Crippen molar-refractivity contribution in [3.63, 3.8) is 0 Å². The van der Waals surface area contributed by atoms with E-state index < -0.39 is 5.97 Å². The molecular formula is C26H29N3O3S. The number of rotatable bonds is 6. The highest BCUT2D eigenvalue weighted by Gasteiger charge is 2.82. The van der Waals surface area contributed by atoms with Gasteiger partial charge in [-0.25, -0.2) is 9.48 Å². The molecule has 6 saturated carbocycles. The number of carbonyl (C=O) groups is 2. The highest BCUT2D eigenvalue weighted by atomic mass is 32.2. The van der Waals surface area contributed by atoms with Crippen LogP contribution in [-0.2, 0) is 0 Å². The normalized spacial score (nSPS) is 35.7. The monoisotopic (exact) mass is 463 g/mol. The van der Waals surface area contributed by atoms with Gasteiger partial charge in [0.25, 0.3) is 5.91 Å². The fourth-order valence-corrected chi connectivity index (χ4v) is 9.66. The number of hydrogen-bond donors (Lipinski definition) is 2. The number of thioether (sulfide) groups is 1. The van der Waals surface area contributed by atoms with Gasteiger partial charge >= 0.3 is 5.97 Å². The molecule has 1 amide bonds. The zero-order valence-corrected chi connectivity index (χ0v) is 19.4. The Morgan fingerprint density at radius 1 is 1.12 bits per heavy atom. The summed E-state index contributed by atoms with van der Waals surface area (Å²) in [6, 6.07) is 7.07. The molecule has 6 aliphatic carbocycles. The SMILES string of the molecule is O=C(O)c1ccc(-n2ncc(C(=O)NC3C4CC5CC6(C4)CC36C5)c2SC2CCCC2)cc1. The summed E-state index contributed by atoms with van der Waals surface area (Å²) in [4.78, 5) is 24.9. The number of aromatic nitrogens is 2. The molecule has 6 fully saturated rings. The molecule has 8 rings (SSSR count). The number of benzene rings is 1. The molecule has 2 spiro atoms. The standard InChI is InChI=1S/C26H29N3O3S/c30-22(28-21-17-9-15-10-25(12-17)14-26(21,25)11-15)20-13-27-29(23(20)33-19-3-1-2-4-19)18-7-5-16(6-8-18)24(31)32/h5-8,13,15,17,19,21H,1-4,9-12,14H2,(H,28,30)(H,31,32). The van der Waals surface area contributed by atoms with Crippen LogP contribution < -0.4 is 5.32 Å². The molecule has 4 bridgehead atoms. The lowest BCUT2D eigenvalue weighted by Crippen LogP contribution is -2.47. The van der Waals surface area contributed by atoms with Gasteiger partial charge in [0.15, 0.2) is 0 Å². The van der Waals surface area contributed by atoms with Gasteiger partial charge in [0.05, 0.1) is 23.0 Å². The predicted octanol–water partition coefficient (Wildman–Crippen LogP) is 4.91. The molecular weight excluding hydrogens is 434 g/mol. The molecule has 172 valence electrons. The van der Waals surface area contributed by atoms with Gasteiger partial charge in [-0.05, 0) is 91.9 Å². The van der Waals surface area contributed by atoms with Crippen LogP contribution in [-0.4, -0.2) is 38.1 Å². The summed E-state index contributed by atoms with van der Waals surface area (Å²) in [6.07, 6.45) is 13.1. The number of aromatic carboxylic acids is 1. The maximum atomic E-state index is 13.6. The zero-order valence-electron chi connectivity index (χ0n) is 18.6. The minimum atomic E-state index is -0.945. The lowest BCUT2D eigenvalue weighted by molar-refractivity contribution is 0.0696. The number of nitrogens with one attached hydrogen (secondary N) is 1. The molecule has 2 aromatic rings. The molecule has 0 radical (unpaired) electrons. The van der Waals surface area contributed by atoms with Crippen molar-refractivity contribution in [2.75, 3.05) is 0 Å². The van der Waals surface area contributed by atoms with E-state index in [1.807, 2.05) is 4.68 Å². The second kappa shape index (κ2) is 6.87. The van der Waals surface area contributed by atoms with Crippen LogP contribution in [0.5, 0.6) is 0 Å². The van der Waals surface area contributed by atoms with Crippen molar-refractivity contribution in [1.82, 2.24) is 15.1 Å². The van der Waals surface area contributed by atoms with E-state index >= 15 is 0 Å². The number of amides is 1. The van der Waals surface area contributed by atoms with E-state index in [1.54, 1.807) is 42.2 Å². The average Bonchev–Trinajstić information content (AvgIpc) is 3.26. The van der Waals surface area contributed by atoms with E-state index in [1.165, 1.54) is 44.9 Å². The van der Waals surface area contributed by atoms with Gasteiger partial charge in [-0.1, -0.05) is 12.8 Å². The van der Waals surface area contributed by atoms with E-state index in [0.717, 1.165) is 29.5 Å². The van der Waals surface area contributed by atoms with E-state index in [2.05, 4.69) is 10.4 Å². The fourth-order valence-electron chi connectivity index (χ4n) is 8.25. The third-order valence-corrected chi connectivity index (χ3v) is 10.9. The number of carboxylic acids is 1.